The van der Waals surface area contributed by atoms with Crippen LogP contribution in [-0.2, 0) is 12.8 Å². The molecule has 20 heavy (non-hydrogen) atoms. The molecule has 1 unspecified atom stereocenters. The van der Waals surface area contributed by atoms with Gasteiger partial charge in [-0.05, 0) is 55.9 Å². The maximum atomic E-state index is 9.63. The monoisotopic (exact) mass is 332 g/mol. The van der Waals surface area contributed by atoms with Gasteiger partial charge in [0.2, 0.25) is 0 Å². The van der Waals surface area contributed by atoms with Crippen LogP contribution < -0.4 is 0 Å². The molecule has 1 atom stereocenters. The van der Waals surface area contributed by atoms with Crippen LogP contribution in [0.1, 0.15) is 22.3 Å². The van der Waals surface area contributed by atoms with Crippen LogP contribution in [-0.4, -0.2) is 11.7 Å². The van der Waals surface area contributed by atoms with E-state index in [4.69, 9.17) is 0 Å². The molecule has 2 rings (SSSR count). The van der Waals surface area contributed by atoms with Gasteiger partial charge < -0.3 is 5.11 Å². The minimum absolute atomic E-state index is 0.225. The van der Waals surface area contributed by atoms with Crippen LogP contribution in [0.4, 0.5) is 0 Å². The predicted octanol–water partition coefficient (Wildman–Crippen LogP) is 4.46. The number of aryl methyl sites for hydroxylation is 2. The largest absolute Gasteiger partial charge is 0.396 e. The van der Waals surface area contributed by atoms with E-state index in [-0.39, 0.29) is 12.5 Å². The van der Waals surface area contributed by atoms with Gasteiger partial charge in [-0.25, -0.2) is 0 Å². The SMILES string of the molecule is Cc1cc(C)cc(CC(CO)Cc2ccc(Br)cc2)c1. The van der Waals surface area contributed by atoms with Crippen molar-refractivity contribution >= 4 is 15.9 Å². The number of rotatable bonds is 5. The maximum Gasteiger partial charge on any atom is 0.0465 e. The Bertz CT molecular complexity index is 540. The van der Waals surface area contributed by atoms with E-state index in [1.54, 1.807) is 0 Å². The van der Waals surface area contributed by atoms with Crippen LogP contribution in [0.5, 0.6) is 0 Å². The Labute approximate surface area is 129 Å². The van der Waals surface area contributed by atoms with E-state index in [0.29, 0.717) is 0 Å². The molecule has 1 N–H and O–H groups in total. The minimum Gasteiger partial charge on any atom is -0.396 e. The van der Waals surface area contributed by atoms with Crippen LogP contribution in [0.3, 0.4) is 0 Å². The minimum atomic E-state index is 0.225. The van der Waals surface area contributed by atoms with E-state index in [1.807, 2.05) is 0 Å². The lowest BCUT2D eigenvalue weighted by molar-refractivity contribution is 0.225. The summed E-state index contributed by atoms with van der Waals surface area (Å²) in [6.45, 7) is 4.47. The standard InChI is InChI=1S/C18H21BrO/c1-13-7-14(2)9-16(8-13)11-17(12-20)10-15-3-5-18(19)6-4-15/h3-9,17,20H,10-12H2,1-2H3. The van der Waals surface area contributed by atoms with Crippen molar-refractivity contribution in [3.05, 3.63) is 69.2 Å². The Balaban J connectivity index is 2.06. The highest BCUT2D eigenvalue weighted by Crippen LogP contribution is 2.18. The van der Waals surface area contributed by atoms with Crippen molar-refractivity contribution in [2.24, 2.45) is 5.92 Å². The Hall–Kier alpha value is -1.12. The lowest BCUT2D eigenvalue weighted by atomic mass is 9.92. The molecule has 1 nitrogen and oxygen atoms in total. The molecular weight excluding hydrogens is 312 g/mol. The molecule has 0 amide bonds. The summed E-state index contributed by atoms with van der Waals surface area (Å²) in [6, 6.07) is 15.0. The molecule has 0 aliphatic rings. The van der Waals surface area contributed by atoms with Crippen molar-refractivity contribution in [3.63, 3.8) is 0 Å². The quantitative estimate of drug-likeness (QED) is 0.856. The summed E-state index contributed by atoms with van der Waals surface area (Å²) in [7, 11) is 0. The predicted molar refractivity (Wildman–Crippen MR) is 88.0 cm³/mol. The number of halogens is 1. The van der Waals surface area contributed by atoms with E-state index < -0.39 is 0 Å². The molecular formula is C18H21BrO. The molecule has 0 aliphatic heterocycles. The van der Waals surface area contributed by atoms with Crippen molar-refractivity contribution in [3.8, 4) is 0 Å². The Morgan fingerprint density at radius 2 is 1.45 bits per heavy atom. The molecule has 0 heterocycles. The number of aliphatic hydroxyl groups is 1. The fourth-order valence-electron chi connectivity index (χ4n) is 2.68. The molecule has 0 aliphatic carbocycles. The summed E-state index contributed by atoms with van der Waals surface area (Å²) in [6.07, 6.45) is 1.84. The summed E-state index contributed by atoms with van der Waals surface area (Å²) in [4.78, 5) is 0. The average molecular weight is 333 g/mol. The molecule has 0 saturated heterocycles. The van der Waals surface area contributed by atoms with E-state index in [2.05, 4.69) is 72.2 Å². The van der Waals surface area contributed by atoms with Crippen molar-refractivity contribution in [2.75, 3.05) is 6.61 Å². The van der Waals surface area contributed by atoms with Gasteiger partial charge in [-0.15, -0.1) is 0 Å². The number of benzene rings is 2. The van der Waals surface area contributed by atoms with Gasteiger partial charge in [0.1, 0.15) is 0 Å². The van der Waals surface area contributed by atoms with Gasteiger partial charge in [-0.3, -0.25) is 0 Å². The number of hydrogen-bond acceptors (Lipinski definition) is 1. The molecule has 0 aromatic heterocycles. The zero-order valence-corrected chi connectivity index (χ0v) is 13.7. The van der Waals surface area contributed by atoms with Gasteiger partial charge in [0, 0.05) is 11.1 Å². The van der Waals surface area contributed by atoms with Crippen LogP contribution in [0.2, 0.25) is 0 Å². The van der Waals surface area contributed by atoms with Crippen LogP contribution >= 0.6 is 15.9 Å². The van der Waals surface area contributed by atoms with E-state index >= 15 is 0 Å². The van der Waals surface area contributed by atoms with E-state index in [9.17, 15) is 5.11 Å². The fraction of sp³-hybridized carbons (Fsp3) is 0.333. The topological polar surface area (TPSA) is 20.2 Å². The molecule has 0 bridgehead atoms. The second-order valence-electron chi connectivity index (χ2n) is 5.58. The van der Waals surface area contributed by atoms with Crippen molar-refractivity contribution < 1.29 is 5.11 Å². The summed E-state index contributed by atoms with van der Waals surface area (Å²) >= 11 is 3.45. The van der Waals surface area contributed by atoms with Gasteiger partial charge in [-0.2, -0.15) is 0 Å². The zero-order chi connectivity index (χ0) is 14.5. The highest BCUT2D eigenvalue weighted by Gasteiger charge is 2.10. The lowest BCUT2D eigenvalue weighted by Crippen LogP contribution is -2.13. The third-order valence-electron chi connectivity index (χ3n) is 3.50. The zero-order valence-electron chi connectivity index (χ0n) is 12.1. The molecule has 0 radical (unpaired) electrons. The summed E-state index contributed by atoms with van der Waals surface area (Å²) in [5, 5.41) is 9.63. The molecule has 2 aromatic rings. The van der Waals surface area contributed by atoms with E-state index in [1.165, 1.54) is 22.3 Å². The molecule has 0 fully saturated rings. The third-order valence-corrected chi connectivity index (χ3v) is 4.03. The van der Waals surface area contributed by atoms with Gasteiger partial charge in [0.25, 0.3) is 0 Å². The highest BCUT2D eigenvalue weighted by atomic mass is 79.9. The van der Waals surface area contributed by atoms with Gasteiger partial charge in [-0.1, -0.05) is 57.4 Å². The molecule has 0 spiro atoms. The maximum absolute atomic E-state index is 9.63. The molecule has 2 heteroatoms. The first-order valence-corrected chi connectivity index (χ1v) is 7.78. The van der Waals surface area contributed by atoms with Crippen molar-refractivity contribution in [1.29, 1.82) is 0 Å². The molecule has 0 saturated carbocycles. The Morgan fingerprint density at radius 1 is 0.900 bits per heavy atom. The van der Waals surface area contributed by atoms with Gasteiger partial charge in [0.15, 0.2) is 0 Å². The third kappa shape index (κ3) is 4.46. The molecule has 2 aromatic carbocycles. The second kappa shape index (κ2) is 7.05. The first-order valence-electron chi connectivity index (χ1n) is 6.99. The number of hydrogen-bond donors (Lipinski definition) is 1. The smallest absolute Gasteiger partial charge is 0.0465 e. The van der Waals surface area contributed by atoms with E-state index in [0.717, 1.165) is 17.3 Å². The van der Waals surface area contributed by atoms with Crippen molar-refractivity contribution in [1.82, 2.24) is 0 Å². The highest BCUT2D eigenvalue weighted by molar-refractivity contribution is 9.10. The number of aliphatic hydroxyl groups excluding tert-OH is 1. The Kier molecular flexibility index (Phi) is 5.38. The van der Waals surface area contributed by atoms with Gasteiger partial charge >= 0.3 is 0 Å². The van der Waals surface area contributed by atoms with Crippen LogP contribution in [0, 0.1) is 19.8 Å². The first kappa shape index (κ1) is 15.3. The average Bonchev–Trinajstić information content (AvgIpc) is 2.39. The summed E-state index contributed by atoms with van der Waals surface area (Å²) in [5.41, 5.74) is 5.18. The first-order chi connectivity index (χ1) is 9.56. The fourth-order valence-corrected chi connectivity index (χ4v) is 2.94. The normalized spacial score (nSPS) is 12.4. The summed E-state index contributed by atoms with van der Waals surface area (Å²) in [5.74, 6) is 0.275. The molecule has 106 valence electrons. The van der Waals surface area contributed by atoms with Crippen LogP contribution in [0.15, 0.2) is 46.9 Å². The second-order valence-corrected chi connectivity index (χ2v) is 6.49. The Morgan fingerprint density at radius 3 is 2.00 bits per heavy atom. The van der Waals surface area contributed by atoms with Crippen LogP contribution in [0.25, 0.3) is 0 Å². The van der Waals surface area contributed by atoms with Crippen molar-refractivity contribution in [2.45, 2.75) is 26.7 Å². The lowest BCUT2D eigenvalue weighted by Gasteiger charge is -2.15. The summed E-state index contributed by atoms with van der Waals surface area (Å²) < 4.78 is 1.09. The van der Waals surface area contributed by atoms with Gasteiger partial charge in [0.05, 0.1) is 0 Å².